The fourth-order valence-corrected chi connectivity index (χ4v) is 6.45. The molecule has 0 aromatic heterocycles. The van der Waals surface area contributed by atoms with E-state index in [4.69, 9.17) is 55.9 Å². The highest BCUT2D eigenvalue weighted by atomic mass is 35.5. The molecule has 0 fully saturated rings. The van der Waals surface area contributed by atoms with Gasteiger partial charge in [-0.25, -0.2) is 14.4 Å². The molecule has 1 atom stereocenters. The van der Waals surface area contributed by atoms with E-state index in [2.05, 4.69) is 0 Å². The standard InChI is InChI=1S/C24H6Cl4O6/c25-9-1-5-13-6(22(30)33-21(5)29)2-11(27)17-18-12(28)4-8-14-7(23(31)34-24(8)32)3-10(26)16(20(14)18)15(9)19(13)17/h1-4,21,29H. The highest BCUT2D eigenvalue weighted by Gasteiger charge is 2.36. The first-order valence-corrected chi connectivity index (χ1v) is 11.3. The minimum Gasteiger partial charge on any atom is -0.428 e. The Morgan fingerprint density at radius 1 is 0.559 bits per heavy atom. The van der Waals surface area contributed by atoms with Crippen LogP contribution in [0.5, 0.6) is 0 Å². The average molecular weight is 532 g/mol. The Bertz CT molecular complexity index is 1800. The van der Waals surface area contributed by atoms with E-state index in [-0.39, 0.29) is 42.3 Å². The number of benzene rings is 5. The summed E-state index contributed by atoms with van der Waals surface area (Å²) < 4.78 is 9.92. The van der Waals surface area contributed by atoms with Crippen LogP contribution >= 0.6 is 46.4 Å². The summed E-state index contributed by atoms with van der Waals surface area (Å²) in [5.41, 5.74) is 0.659. The summed E-state index contributed by atoms with van der Waals surface area (Å²) in [5.74, 6) is -2.42. The molecule has 0 amide bonds. The number of ether oxygens (including phenoxy) is 2. The predicted molar refractivity (Wildman–Crippen MR) is 128 cm³/mol. The van der Waals surface area contributed by atoms with Gasteiger partial charge in [-0.3, -0.25) is 0 Å². The van der Waals surface area contributed by atoms with Crippen LogP contribution in [0.1, 0.15) is 42.9 Å². The quantitative estimate of drug-likeness (QED) is 0.102. The first kappa shape index (κ1) is 20.5. The van der Waals surface area contributed by atoms with Gasteiger partial charge in [0.15, 0.2) is 0 Å². The molecule has 0 saturated heterocycles. The number of hydrogen-bond acceptors (Lipinski definition) is 6. The summed E-state index contributed by atoms with van der Waals surface area (Å²) in [5, 5.41) is 14.5. The summed E-state index contributed by atoms with van der Waals surface area (Å²) in [6.07, 6.45) is -1.53. The summed E-state index contributed by atoms with van der Waals surface area (Å²) >= 11 is 26.8. The molecule has 0 aliphatic carbocycles. The molecule has 10 heteroatoms. The molecule has 0 spiro atoms. The van der Waals surface area contributed by atoms with Gasteiger partial charge in [-0.15, -0.1) is 0 Å². The molecule has 2 aliphatic rings. The summed E-state index contributed by atoms with van der Waals surface area (Å²) in [7, 11) is 0. The summed E-state index contributed by atoms with van der Waals surface area (Å²) in [6, 6.07) is 5.76. The fourth-order valence-electron chi connectivity index (χ4n) is 5.25. The van der Waals surface area contributed by atoms with Gasteiger partial charge in [-0.2, -0.15) is 0 Å². The third-order valence-corrected chi connectivity index (χ3v) is 7.67. The van der Waals surface area contributed by atoms with Crippen LogP contribution in [0.15, 0.2) is 24.3 Å². The summed E-state index contributed by atoms with van der Waals surface area (Å²) in [6.45, 7) is 0. The van der Waals surface area contributed by atoms with E-state index in [0.717, 1.165) is 0 Å². The van der Waals surface area contributed by atoms with Crippen molar-refractivity contribution in [2.24, 2.45) is 0 Å². The second kappa shape index (κ2) is 6.42. The fraction of sp³-hybridized carbons (Fsp3) is 0.0417. The average Bonchev–Trinajstić information content (AvgIpc) is 2.77. The highest BCUT2D eigenvalue weighted by Crippen LogP contribution is 2.54. The lowest BCUT2D eigenvalue weighted by Gasteiger charge is -2.27. The number of cyclic esters (lactones) is 3. The van der Waals surface area contributed by atoms with Gasteiger partial charge >= 0.3 is 17.9 Å². The number of rotatable bonds is 0. The lowest BCUT2D eigenvalue weighted by Crippen LogP contribution is -2.20. The van der Waals surface area contributed by atoms with Gasteiger partial charge in [-0.05, 0) is 24.3 Å². The molecule has 5 aromatic rings. The molecule has 6 nitrogen and oxygen atoms in total. The molecule has 2 aliphatic heterocycles. The van der Waals surface area contributed by atoms with Crippen molar-refractivity contribution in [3.05, 3.63) is 66.6 Å². The van der Waals surface area contributed by atoms with E-state index in [1.807, 2.05) is 0 Å². The van der Waals surface area contributed by atoms with Crippen LogP contribution in [0.4, 0.5) is 0 Å². The van der Waals surface area contributed by atoms with Crippen molar-refractivity contribution in [2.45, 2.75) is 6.29 Å². The Kier molecular flexibility index (Phi) is 3.87. The van der Waals surface area contributed by atoms with Gasteiger partial charge < -0.3 is 14.6 Å². The van der Waals surface area contributed by atoms with Crippen molar-refractivity contribution in [3.63, 3.8) is 0 Å². The van der Waals surface area contributed by atoms with Crippen LogP contribution in [-0.2, 0) is 9.47 Å². The van der Waals surface area contributed by atoms with Crippen molar-refractivity contribution in [1.29, 1.82) is 0 Å². The molecule has 0 bridgehead atoms. The molecule has 0 saturated carbocycles. The number of esters is 3. The Labute approximate surface area is 208 Å². The Morgan fingerprint density at radius 3 is 1.47 bits per heavy atom. The number of aliphatic hydroxyl groups is 1. The Balaban J connectivity index is 1.92. The Morgan fingerprint density at radius 2 is 0.971 bits per heavy atom. The zero-order valence-electron chi connectivity index (χ0n) is 16.4. The van der Waals surface area contributed by atoms with Crippen molar-refractivity contribution in [1.82, 2.24) is 0 Å². The van der Waals surface area contributed by atoms with Crippen LogP contribution in [0.25, 0.3) is 43.1 Å². The zero-order valence-corrected chi connectivity index (χ0v) is 19.4. The maximum Gasteiger partial charge on any atom is 0.346 e. The van der Waals surface area contributed by atoms with Gasteiger partial charge in [-0.1, -0.05) is 46.4 Å². The van der Waals surface area contributed by atoms with Crippen molar-refractivity contribution < 1.29 is 29.0 Å². The second-order valence-electron chi connectivity index (χ2n) is 8.10. The Hall–Kier alpha value is -2.87. The van der Waals surface area contributed by atoms with Crippen molar-refractivity contribution >= 4 is 107 Å². The lowest BCUT2D eigenvalue weighted by atomic mass is 9.83. The van der Waals surface area contributed by atoms with Crippen LogP contribution in [0.2, 0.25) is 20.1 Å². The summed E-state index contributed by atoms with van der Waals surface area (Å²) in [4.78, 5) is 37.7. The number of carbonyl (C=O) groups excluding carboxylic acids is 3. The molecule has 1 unspecified atom stereocenters. The molecule has 7 rings (SSSR count). The topological polar surface area (TPSA) is 89.9 Å². The molecule has 2 heterocycles. The molecule has 34 heavy (non-hydrogen) atoms. The van der Waals surface area contributed by atoms with E-state index in [1.165, 1.54) is 24.3 Å². The molecule has 0 radical (unpaired) electrons. The number of aliphatic hydroxyl groups excluding tert-OH is 1. The van der Waals surface area contributed by atoms with Crippen molar-refractivity contribution in [3.8, 4) is 0 Å². The van der Waals surface area contributed by atoms with Crippen molar-refractivity contribution in [2.75, 3.05) is 0 Å². The van der Waals surface area contributed by atoms with Gasteiger partial charge in [0.1, 0.15) is 0 Å². The monoisotopic (exact) mass is 530 g/mol. The van der Waals surface area contributed by atoms with E-state index < -0.39 is 24.2 Å². The van der Waals surface area contributed by atoms with Gasteiger partial charge in [0, 0.05) is 68.7 Å². The van der Waals surface area contributed by atoms with E-state index in [9.17, 15) is 19.5 Å². The maximum absolute atomic E-state index is 12.6. The van der Waals surface area contributed by atoms with Gasteiger partial charge in [0.05, 0.1) is 16.7 Å². The number of hydrogen-bond donors (Lipinski definition) is 1. The van der Waals surface area contributed by atoms with Gasteiger partial charge in [0.25, 0.3) is 0 Å². The molecule has 166 valence electrons. The smallest absolute Gasteiger partial charge is 0.346 e. The lowest BCUT2D eigenvalue weighted by molar-refractivity contribution is -0.0686. The zero-order chi connectivity index (χ0) is 23.8. The largest absolute Gasteiger partial charge is 0.428 e. The third-order valence-electron chi connectivity index (χ3n) is 6.48. The molecule has 1 N–H and O–H groups in total. The van der Waals surface area contributed by atoms with E-state index in [0.29, 0.717) is 43.1 Å². The molecular formula is C24H6Cl4O6. The second-order valence-corrected chi connectivity index (χ2v) is 9.73. The first-order valence-electron chi connectivity index (χ1n) is 9.82. The normalized spacial score (nSPS) is 17.3. The van der Waals surface area contributed by atoms with Crippen LogP contribution in [-0.4, -0.2) is 23.0 Å². The minimum atomic E-state index is -1.53. The number of fused-ring (bicyclic) bond motifs is 2. The maximum atomic E-state index is 12.6. The molecule has 5 aromatic carbocycles. The highest BCUT2D eigenvalue weighted by molar-refractivity contribution is 6.55. The molecular weight excluding hydrogens is 526 g/mol. The first-order chi connectivity index (χ1) is 16.2. The SMILES string of the molecule is O=C1OC(=O)c2cc(Cl)c3c4c(Cl)cc5c6c(cc(Cl)c(c7c(Cl)cc1c2c73)c64)C(=O)OC5O. The third kappa shape index (κ3) is 2.25. The van der Waals surface area contributed by atoms with E-state index >= 15 is 0 Å². The number of carbonyl (C=O) groups is 3. The predicted octanol–water partition coefficient (Wildman–Crippen LogP) is 6.82. The van der Waals surface area contributed by atoms with E-state index in [1.54, 1.807) is 0 Å². The van der Waals surface area contributed by atoms with Crippen LogP contribution in [0.3, 0.4) is 0 Å². The number of halogens is 4. The van der Waals surface area contributed by atoms with Crippen LogP contribution in [0, 0.1) is 0 Å². The van der Waals surface area contributed by atoms with Crippen LogP contribution < -0.4 is 0 Å². The minimum absolute atomic E-state index is 0.108. The van der Waals surface area contributed by atoms with Gasteiger partial charge in [0.2, 0.25) is 6.29 Å².